The van der Waals surface area contributed by atoms with Crippen molar-refractivity contribution in [2.75, 3.05) is 18.2 Å². The number of nitrogens with zero attached hydrogens (tertiary/aromatic N) is 3. The zero-order chi connectivity index (χ0) is 24.7. The average Bonchev–Trinajstić information content (AvgIpc) is 3.26. The van der Waals surface area contributed by atoms with Gasteiger partial charge in [-0.25, -0.2) is 0 Å². The highest BCUT2D eigenvalue weighted by atomic mass is 32.2. The third-order valence-corrected chi connectivity index (χ3v) is 6.81. The average molecular weight is 517 g/mol. The Morgan fingerprint density at radius 3 is 2.59 bits per heavy atom. The maximum Gasteiger partial charge on any atom is 0.339 e. The summed E-state index contributed by atoms with van der Waals surface area (Å²) in [7, 11) is -4.09. The smallest absolute Gasteiger partial charge is 0.339 e. The van der Waals surface area contributed by atoms with E-state index in [9.17, 15) is 18.5 Å². The number of ether oxygens (including phenoxy) is 1. The van der Waals surface area contributed by atoms with Crippen LogP contribution in [0, 0.1) is 18.3 Å². The number of aromatic nitrogens is 2. The lowest BCUT2D eigenvalue weighted by Gasteiger charge is -2.13. The summed E-state index contributed by atoms with van der Waals surface area (Å²) in [5.41, 5.74) is 1.18. The zero-order valence-corrected chi connectivity index (χ0v) is 20.9. The molecule has 0 unspecified atom stereocenters. The van der Waals surface area contributed by atoms with Gasteiger partial charge in [0.2, 0.25) is 10.3 Å². The largest absolute Gasteiger partial charge is 0.490 e. The summed E-state index contributed by atoms with van der Waals surface area (Å²) in [4.78, 5) is 16.6. The van der Waals surface area contributed by atoms with Gasteiger partial charge < -0.3 is 8.92 Å². The third kappa shape index (κ3) is 6.34. The second kappa shape index (κ2) is 11.1. The molecule has 2 aromatic carbocycles. The number of hydrogen-bond donors (Lipinski definition) is 1. The van der Waals surface area contributed by atoms with Crippen LogP contribution in [0.25, 0.3) is 6.08 Å². The van der Waals surface area contributed by atoms with Gasteiger partial charge in [0.1, 0.15) is 16.5 Å². The van der Waals surface area contributed by atoms with Crippen molar-refractivity contribution in [3.05, 3.63) is 59.2 Å². The molecule has 0 saturated heterocycles. The predicted octanol–water partition coefficient (Wildman–Crippen LogP) is 4.28. The molecule has 0 saturated carbocycles. The van der Waals surface area contributed by atoms with Crippen molar-refractivity contribution in [1.82, 2.24) is 9.36 Å². The van der Waals surface area contributed by atoms with Gasteiger partial charge in [-0.3, -0.25) is 10.1 Å². The molecule has 34 heavy (non-hydrogen) atoms. The molecule has 0 radical (unpaired) electrons. The molecule has 0 fully saturated rings. The quantitative estimate of drug-likeness (QED) is 0.191. The molecule has 9 nitrogen and oxygen atoms in total. The second-order valence-electron chi connectivity index (χ2n) is 6.70. The first-order valence-electron chi connectivity index (χ1n) is 9.84. The maximum atomic E-state index is 12.7. The molecule has 176 valence electrons. The fourth-order valence-corrected chi connectivity index (χ4v) is 4.71. The molecule has 3 rings (SSSR count). The summed E-state index contributed by atoms with van der Waals surface area (Å²) in [5, 5.41) is 12.8. The number of nitrogens with one attached hydrogen (secondary N) is 1. The van der Waals surface area contributed by atoms with Crippen LogP contribution in [0.4, 0.5) is 5.13 Å². The van der Waals surface area contributed by atoms with Crippen LogP contribution in [-0.4, -0.2) is 36.5 Å². The Balaban J connectivity index is 1.85. The fraction of sp³-hybridized carbons (Fsp3) is 0.182. The van der Waals surface area contributed by atoms with Gasteiger partial charge >= 0.3 is 10.1 Å². The minimum Gasteiger partial charge on any atom is -0.490 e. The van der Waals surface area contributed by atoms with Crippen LogP contribution in [0.15, 0.2) is 58.1 Å². The molecular weight excluding hydrogens is 496 g/mol. The van der Waals surface area contributed by atoms with Gasteiger partial charge in [-0.2, -0.15) is 23.0 Å². The summed E-state index contributed by atoms with van der Waals surface area (Å²) >= 11 is 2.34. The van der Waals surface area contributed by atoms with Crippen molar-refractivity contribution in [2.24, 2.45) is 0 Å². The van der Waals surface area contributed by atoms with Crippen LogP contribution in [0.1, 0.15) is 18.1 Å². The van der Waals surface area contributed by atoms with Gasteiger partial charge in [0.05, 0.1) is 6.61 Å². The Kier molecular flexibility index (Phi) is 8.27. The number of benzene rings is 2. The molecule has 1 heterocycles. The van der Waals surface area contributed by atoms with Crippen LogP contribution < -0.4 is 14.2 Å². The Morgan fingerprint density at radius 2 is 1.97 bits per heavy atom. The molecule has 12 heteroatoms. The minimum absolute atomic E-state index is 0.00858. The van der Waals surface area contributed by atoms with Crippen LogP contribution in [0.3, 0.4) is 0 Å². The van der Waals surface area contributed by atoms with Gasteiger partial charge in [-0.1, -0.05) is 35.5 Å². The standard InChI is InChI=1S/C22H20N4O5S3/c1-4-30-19-12-15(11-16(13-23)20(27)24-21-25-22(32-3)26-33-21)7-10-18(19)31-34(28,29)17-8-5-14(2)6-9-17/h5-12H,4H2,1-3H3,(H,24,25,26,27). The van der Waals surface area contributed by atoms with Crippen LogP contribution in [0.2, 0.25) is 0 Å². The van der Waals surface area contributed by atoms with Crippen molar-refractivity contribution < 1.29 is 22.1 Å². The van der Waals surface area contributed by atoms with Crippen LogP contribution >= 0.6 is 23.3 Å². The summed E-state index contributed by atoms with van der Waals surface area (Å²) in [6, 6.07) is 12.5. The van der Waals surface area contributed by atoms with Gasteiger partial charge in [-0.15, -0.1) is 0 Å². The minimum atomic E-state index is -4.09. The molecule has 0 aliphatic rings. The first-order chi connectivity index (χ1) is 16.2. The fourth-order valence-electron chi connectivity index (χ4n) is 2.65. The third-order valence-electron chi connectivity index (χ3n) is 4.26. The number of rotatable bonds is 9. The molecular formula is C22H20N4O5S3. The predicted molar refractivity (Wildman–Crippen MR) is 131 cm³/mol. The van der Waals surface area contributed by atoms with Crippen molar-refractivity contribution in [2.45, 2.75) is 23.9 Å². The topological polar surface area (TPSA) is 131 Å². The Morgan fingerprint density at radius 1 is 1.24 bits per heavy atom. The lowest BCUT2D eigenvalue weighted by atomic mass is 10.1. The SMILES string of the molecule is CCOc1cc(C=C(C#N)C(=O)Nc2nc(SC)ns2)ccc1OS(=O)(=O)c1ccc(C)cc1. The molecule has 1 aromatic heterocycles. The number of carbonyl (C=O) groups excluding carboxylic acids is 1. The zero-order valence-electron chi connectivity index (χ0n) is 18.4. The molecule has 1 N–H and O–H groups in total. The number of nitriles is 1. The van der Waals surface area contributed by atoms with Gasteiger partial charge in [-0.05, 0) is 56.0 Å². The number of carbonyl (C=O) groups is 1. The molecule has 3 aromatic rings. The Labute approximate surface area is 205 Å². The number of thioether (sulfide) groups is 1. The molecule has 0 bridgehead atoms. The Hall–Kier alpha value is -3.40. The highest BCUT2D eigenvalue weighted by molar-refractivity contribution is 7.98. The monoisotopic (exact) mass is 516 g/mol. The summed E-state index contributed by atoms with van der Waals surface area (Å²) < 4.78 is 40.2. The first kappa shape index (κ1) is 25.2. The van der Waals surface area contributed by atoms with Gasteiger partial charge in [0.25, 0.3) is 5.91 Å². The van der Waals surface area contributed by atoms with Crippen molar-refractivity contribution in [3.8, 4) is 17.6 Å². The van der Waals surface area contributed by atoms with E-state index in [0.29, 0.717) is 10.7 Å². The number of aryl methyl sites for hydroxylation is 1. The van der Waals surface area contributed by atoms with Crippen molar-refractivity contribution in [1.29, 1.82) is 5.26 Å². The number of amides is 1. The second-order valence-corrected chi connectivity index (χ2v) is 9.77. The highest BCUT2D eigenvalue weighted by Crippen LogP contribution is 2.32. The van der Waals surface area contributed by atoms with Crippen molar-refractivity contribution in [3.63, 3.8) is 0 Å². The lowest BCUT2D eigenvalue weighted by Crippen LogP contribution is -2.13. The van der Waals surface area contributed by atoms with E-state index in [1.807, 2.05) is 19.2 Å². The van der Waals surface area contributed by atoms with E-state index >= 15 is 0 Å². The summed E-state index contributed by atoms with van der Waals surface area (Å²) in [6.45, 7) is 3.83. The molecule has 1 amide bonds. The maximum absolute atomic E-state index is 12.7. The van der Waals surface area contributed by atoms with E-state index < -0.39 is 16.0 Å². The van der Waals surface area contributed by atoms with E-state index in [4.69, 9.17) is 8.92 Å². The molecule has 0 atom stereocenters. The Bertz CT molecular complexity index is 1360. The van der Waals surface area contributed by atoms with E-state index in [-0.39, 0.29) is 33.7 Å². The van der Waals surface area contributed by atoms with E-state index in [1.165, 1.54) is 48.2 Å². The normalized spacial score (nSPS) is 11.5. The van der Waals surface area contributed by atoms with Gasteiger partial charge in [0.15, 0.2) is 11.5 Å². The van der Waals surface area contributed by atoms with Crippen molar-refractivity contribution >= 4 is 50.5 Å². The van der Waals surface area contributed by atoms with E-state index in [2.05, 4.69) is 14.7 Å². The molecule has 0 aliphatic carbocycles. The molecule has 0 spiro atoms. The summed E-state index contributed by atoms with van der Waals surface area (Å²) in [6.07, 6.45) is 3.16. The molecule has 0 aliphatic heterocycles. The van der Waals surface area contributed by atoms with Crippen LogP contribution in [-0.2, 0) is 14.9 Å². The van der Waals surface area contributed by atoms with E-state index in [0.717, 1.165) is 17.1 Å². The van der Waals surface area contributed by atoms with E-state index in [1.54, 1.807) is 19.1 Å². The number of anilines is 1. The number of hydrogen-bond acceptors (Lipinski definition) is 10. The highest BCUT2D eigenvalue weighted by Gasteiger charge is 2.20. The lowest BCUT2D eigenvalue weighted by molar-refractivity contribution is -0.112. The summed E-state index contributed by atoms with van der Waals surface area (Å²) in [5.74, 6) is -0.508. The van der Waals surface area contributed by atoms with Crippen LogP contribution in [0.5, 0.6) is 11.5 Å². The van der Waals surface area contributed by atoms with Gasteiger partial charge in [0, 0.05) is 11.5 Å². The first-order valence-corrected chi connectivity index (χ1v) is 13.2.